The minimum atomic E-state index is -3.75. The molecule has 1 heterocycles. The van der Waals surface area contributed by atoms with Crippen molar-refractivity contribution >= 4 is 15.7 Å². The number of hydrogen-bond donors (Lipinski definition) is 0. The molecule has 0 fully saturated rings. The highest BCUT2D eigenvalue weighted by Gasteiger charge is 2.27. The van der Waals surface area contributed by atoms with E-state index in [1.54, 1.807) is 36.7 Å². The molecular weight excluding hydrogens is 396 g/mol. The standard InChI is InChI=1S/C24H28N2O3S/c1-18(2)16-26(24-9-8-19(3)14-20(24)4)30(27,28)23-7-5-6-22(15-23)29-17-21-10-12-25-13-11-21/h5-15,18H,16-17H2,1-4H3. The molecule has 3 aromatic rings. The molecule has 3 rings (SSSR count). The highest BCUT2D eigenvalue weighted by Crippen LogP contribution is 2.30. The second-order valence-electron chi connectivity index (χ2n) is 7.84. The Hall–Kier alpha value is -2.86. The first-order valence-electron chi connectivity index (χ1n) is 9.99. The molecule has 1 aromatic heterocycles. The number of pyridine rings is 1. The smallest absolute Gasteiger partial charge is 0.264 e. The van der Waals surface area contributed by atoms with Crippen LogP contribution in [0.3, 0.4) is 0 Å². The van der Waals surface area contributed by atoms with Gasteiger partial charge in [0.2, 0.25) is 0 Å². The van der Waals surface area contributed by atoms with Crippen LogP contribution in [0.15, 0.2) is 71.9 Å². The van der Waals surface area contributed by atoms with Crippen molar-refractivity contribution in [1.82, 2.24) is 4.98 Å². The van der Waals surface area contributed by atoms with Crippen molar-refractivity contribution in [2.75, 3.05) is 10.8 Å². The molecule has 158 valence electrons. The number of hydrogen-bond acceptors (Lipinski definition) is 4. The van der Waals surface area contributed by atoms with Gasteiger partial charge in [0, 0.05) is 25.0 Å². The molecule has 6 heteroatoms. The first-order valence-corrected chi connectivity index (χ1v) is 11.4. The quantitative estimate of drug-likeness (QED) is 0.503. The Morgan fingerprint density at radius 2 is 1.73 bits per heavy atom. The van der Waals surface area contributed by atoms with Crippen molar-refractivity contribution in [2.24, 2.45) is 5.92 Å². The van der Waals surface area contributed by atoms with E-state index < -0.39 is 10.0 Å². The zero-order valence-corrected chi connectivity index (χ0v) is 18.7. The number of sulfonamides is 1. The minimum absolute atomic E-state index is 0.173. The van der Waals surface area contributed by atoms with Crippen LogP contribution in [0.1, 0.15) is 30.5 Å². The summed E-state index contributed by atoms with van der Waals surface area (Å²) >= 11 is 0. The lowest BCUT2D eigenvalue weighted by Crippen LogP contribution is -2.34. The Morgan fingerprint density at radius 1 is 1.00 bits per heavy atom. The van der Waals surface area contributed by atoms with E-state index in [4.69, 9.17) is 4.74 Å². The van der Waals surface area contributed by atoms with Crippen LogP contribution in [0.2, 0.25) is 0 Å². The van der Waals surface area contributed by atoms with Crippen LogP contribution in [-0.4, -0.2) is 19.9 Å². The molecule has 0 radical (unpaired) electrons. The van der Waals surface area contributed by atoms with E-state index in [0.29, 0.717) is 24.6 Å². The highest BCUT2D eigenvalue weighted by molar-refractivity contribution is 7.92. The summed E-state index contributed by atoms with van der Waals surface area (Å²) in [6, 6.07) is 16.3. The van der Waals surface area contributed by atoms with Gasteiger partial charge in [-0.15, -0.1) is 0 Å². The van der Waals surface area contributed by atoms with Gasteiger partial charge in [-0.25, -0.2) is 8.42 Å². The third-order valence-electron chi connectivity index (χ3n) is 4.70. The van der Waals surface area contributed by atoms with Crippen LogP contribution in [0.25, 0.3) is 0 Å². The van der Waals surface area contributed by atoms with Gasteiger partial charge >= 0.3 is 0 Å². The lowest BCUT2D eigenvalue weighted by atomic mass is 10.1. The molecule has 0 bridgehead atoms. The van der Waals surface area contributed by atoms with Crippen molar-refractivity contribution in [3.05, 3.63) is 83.7 Å². The summed E-state index contributed by atoms with van der Waals surface area (Å²) in [5.41, 5.74) is 3.71. The molecule has 0 unspecified atom stereocenters. The number of benzene rings is 2. The Bertz CT molecular complexity index is 1100. The van der Waals surface area contributed by atoms with E-state index in [1.807, 2.05) is 58.0 Å². The van der Waals surface area contributed by atoms with Crippen molar-refractivity contribution in [3.8, 4) is 5.75 Å². The molecule has 0 aliphatic carbocycles. The van der Waals surface area contributed by atoms with Crippen LogP contribution in [-0.2, 0) is 16.6 Å². The monoisotopic (exact) mass is 424 g/mol. The number of aromatic nitrogens is 1. The van der Waals surface area contributed by atoms with E-state index >= 15 is 0 Å². The van der Waals surface area contributed by atoms with Gasteiger partial charge in [0.25, 0.3) is 10.0 Å². The van der Waals surface area contributed by atoms with Gasteiger partial charge in [-0.1, -0.05) is 37.6 Å². The minimum Gasteiger partial charge on any atom is -0.489 e. The normalized spacial score (nSPS) is 11.5. The highest BCUT2D eigenvalue weighted by atomic mass is 32.2. The van der Waals surface area contributed by atoms with Crippen molar-refractivity contribution in [1.29, 1.82) is 0 Å². The maximum absolute atomic E-state index is 13.6. The first kappa shape index (κ1) is 21.8. The SMILES string of the molecule is Cc1ccc(N(CC(C)C)S(=O)(=O)c2cccc(OCc3ccncc3)c2)c(C)c1. The van der Waals surface area contributed by atoms with Gasteiger partial charge in [-0.05, 0) is 61.2 Å². The molecule has 0 amide bonds. The molecular formula is C24H28N2O3S. The summed E-state index contributed by atoms with van der Waals surface area (Å²) < 4.78 is 34.5. The van der Waals surface area contributed by atoms with Crippen LogP contribution in [0, 0.1) is 19.8 Å². The van der Waals surface area contributed by atoms with Crippen molar-refractivity contribution in [3.63, 3.8) is 0 Å². The first-order chi connectivity index (χ1) is 14.3. The average Bonchev–Trinajstić information content (AvgIpc) is 2.72. The molecule has 0 aliphatic rings. The van der Waals surface area contributed by atoms with Gasteiger partial charge in [-0.3, -0.25) is 9.29 Å². The number of rotatable bonds is 8. The predicted octanol–water partition coefficient (Wildman–Crippen LogP) is 5.13. The second kappa shape index (κ2) is 9.30. The molecule has 0 saturated heterocycles. The molecule has 0 spiro atoms. The van der Waals surface area contributed by atoms with Crippen molar-refractivity contribution in [2.45, 2.75) is 39.2 Å². The number of aryl methyl sites for hydroxylation is 2. The fraction of sp³-hybridized carbons (Fsp3) is 0.292. The summed E-state index contributed by atoms with van der Waals surface area (Å²) in [5, 5.41) is 0. The molecule has 0 N–H and O–H groups in total. The Morgan fingerprint density at radius 3 is 2.40 bits per heavy atom. The Kier molecular flexibility index (Phi) is 6.77. The molecule has 0 saturated carbocycles. The fourth-order valence-electron chi connectivity index (χ4n) is 3.24. The summed E-state index contributed by atoms with van der Waals surface area (Å²) in [5.74, 6) is 0.685. The van der Waals surface area contributed by atoms with Crippen molar-refractivity contribution < 1.29 is 13.2 Å². The van der Waals surface area contributed by atoms with Gasteiger partial charge in [0.15, 0.2) is 0 Å². The van der Waals surface area contributed by atoms with Gasteiger partial charge in [0.05, 0.1) is 10.6 Å². The van der Waals surface area contributed by atoms with Gasteiger partial charge < -0.3 is 4.74 Å². The summed E-state index contributed by atoms with van der Waals surface area (Å²) in [6.45, 7) is 8.72. The molecule has 0 atom stereocenters. The third kappa shape index (κ3) is 5.19. The number of anilines is 1. The fourth-order valence-corrected chi connectivity index (χ4v) is 4.97. The van der Waals surface area contributed by atoms with Crippen LogP contribution in [0.4, 0.5) is 5.69 Å². The molecule has 5 nitrogen and oxygen atoms in total. The molecule has 0 aliphatic heterocycles. The third-order valence-corrected chi connectivity index (χ3v) is 6.48. The summed E-state index contributed by atoms with van der Waals surface area (Å²) in [4.78, 5) is 4.21. The Balaban J connectivity index is 1.92. The molecule has 30 heavy (non-hydrogen) atoms. The maximum Gasteiger partial charge on any atom is 0.264 e. The lowest BCUT2D eigenvalue weighted by molar-refractivity contribution is 0.305. The molecule has 2 aromatic carbocycles. The number of nitrogens with zero attached hydrogens (tertiary/aromatic N) is 2. The van der Waals surface area contributed by atoms with Crippen LogP contribution < -0.4 is 9.04 Å². The zero-order valence-electron chi connectivity index (χ0n) is 17.9. The van der Waals surface area contributed by atoms with E-state index in [9.17, 15) is 8.42 Å². The number of ether oxygens (including phenoxy) is 1. The summed E-state index contributed by atoms with van der Waals surface area (Å²) in [6.07, 6.45) is 3.40. The van der Waals surface area contributed by atoms with E-state index in [0.717, 1.165) is 16.7 Å². The van der Waals surface area contributed by atoms with E-state index in [1.165, 1.54) is 4.31 Å². The van der Waals surface area contributed by atoms with E-state index in [-0.39, 0.29) is 10.8 Å². The summed E-state index contributed by atoms with van der Waals surface area (Å²) in [7, 11) is -3.75. The Labute approximate surface area is 179 Å². The van der Waals surface area contributed by atoms with Crippen LogP contribution >= 0.6 is 0 Å². The lowest BCUT2D eigenvalue weighted by Gasteiger charge is -2.28. The zero-order chi connectivity index (χ0) is 21.7. The van der Waals surface area contributed by atoms with Crippen LogP contribution in [0.5, 0.6) is 5.75 Å². The van der Waals surface area contributed by atoms with Gasteiger partial charge in [-0.2, -0.15) is 0 Å². The maximum atomic E-state index is 13.6. The topological polar surface area (TPSA) is 59.5 Å². The van der Waals surface area contributed by atoms with E-state index in [2.05, 4.69) is 4.98 Å². The largest absolute Gasteiger partial charge is 0.489 e. The average molecular weight is 425 g/mol. The second-order valence-corrected chi connectivity index (χ2v) is 9.70. The predicted molar refractivity (Wildman–Crippen MR) is 120 cm³/mol. The van der Waals surface area contributed by atoms with Gasteiger partial charge in [0.1, 0.15) is 12.4 Å².